The Morgan fingerprint density at radius 2 is 1.65 bits per heavy atom. The van der Waals surface area contributed by atoms with E-state index in [4.69, 9.17) is 22.1 Å². The molecule has 1 aliphatic heterocycles. The standard InChI is InChI=1S/C26H34ClFN2O4/c27-21-15-20(16-21)24(32)34-26(25(29)33)10-5-17(6-11-26)7-12-30-13-8-19(9-14-30)23(31)18-1-3-22(28)4-2-18/h1-4,17,19-21H,5-16H2,(H2,29,33). The van der Waals surface area contributed by atoms with Gasteiger partial charge in [0.1, 0.15) is 5.82 Å². The van der Waals surface area contributed by atoms with Crippen LogP contribution in [0.2, 0.25) is 0 Å². The average molecular weight is 493 g/mol. The molecule has 0 unspecified atom stereocenters. The fourth-order valence-corrected chi connectivity index (χ4v) is 5.91. The minimum atomic E-state index is -1.18. The van der Waals surface area contributed by atoms with Crippen LogP contribution in [-0.4, -0.2) is 53.2 Å². The zero-order valence-electron chi connectivity index (χ0n) is 19.5. The van der Waals surface area contributed by atoms with E-state index in [1.807, 2.05) is 0 Å². The van der Waals surface area contributed by atoms with Gasteiger partial charge in [0, 0.05) is 16.9 Å². The summed E-state index contributed by atoms with van der Waals surface area (Å²) in [5, 5.41) is 0.0175. The van der Waals surface area contributed by atoms with Gasteiger partial charge in [0.15, 0.2) is 11.4 Å². The normalized spacial score (nSPS) is 30.4. The third-order valence-electron chi connectivity index (χ3n) is 8.01. The van der Waals surface area contributed by atoms with E-state index in [9.17, 15) is 18.8 Å². The molecular weight excluding hydrogens is 459 g/mol. The highest BCUT2D eigenvalue weighted by molar-refractivity contribution is 6.21. The van der Waals surface area contributed by atoms with Crippen LogP contribution in [0.1, 0.15) is 68.1 Å². The van der Waals surface area contributed by atoms with Gasteiger partial charge in [-0.2, -0.15) is 0 Å². The van der Waals surface area contributed by atoms with Gasteiger partial charge in [-0.3, -0.25) is 14.4 Å². The van der Waals surface area contributed by atoms with Crippen LogP contribution < -0.4 is 5.73 Å². The molecule has 2 N–H and O–H groups in total. The Labute approximate surface area is 205 Å². The number of likely N-dealkylation sites (tertiary alicyclic amines) is 1. The van der Waals surface area contributed by atoms with Crippen LogP contribution >= 0.6 is 11.6 Å². The summed E-state index contributed by atoms with van der Waals surface area (Å²) < 4.78 is 18.8. The molecule has 4 rings (SSSR count). The molecule has 1 aromatic rings. The van der Waals surface area contributed by atoms with Gasteiger partial charge in [0.2, 0.25) is 0 Å². The molecule has 3 fully saturated rings. The number of carbonyl (C=O) groups excluding carboxylic acids is 3. The smallest absolute Gasteiger partial charge is 0.310 e. The number of nitrogens with zero attached hydrogens (tertiary/aromatic N) is 1. The molecule has 1 aromatic carbocycles. The number of hydrogen-bond acceptors (Lipinski definition) is 5. The molecule has 0 bridgehead atoms. The van der Waals surface area contributed by atoms with Crippen molar-refractivity contribution in [3.63, 3.8) is 0 Å². The highest BCUT2D eigenvalue weighted by Gasteiger charge is 2.46. The minimum Gasteiger partial charge on any atom is -0.449 e. The molecule has 6 nitrogen and oxygen atoms in total. The van der Waals surface area contributed by atoms with Crippen molar-refractivity contribution in [2.45, 2.75) is 68.8 Å². The molecule has 0 aromatic heterocycles. The van der Waals surface area contributed by atoms with Gasteiger partial charge in [-0.25, -0.2) is 4.39 Å². The Hall–Kier alpha value is -1.99. The van der Waals surface area contributed by atoms with E-state index in [1.165, 1.54) is 12.1 Å². The summed E-state index contributed by atoms with van der Waals surface area (Å²) in [7, 11) is 0. The Kier molecular flexibility index (Phi) is 7.93. The molecule has 2 saturated carbocycles. The van der Waals surface area contributed by atoms with Crippen molar-refractivity contribution in [1.29, 1.82) is 0 Å². The van der Waals surface area contributed by atoms with Crippen LogP contribution in [0.3, 0.4) is 0 Å². The fourth-order valence-electron chi connectivity index (χ4n) is 5.48. The first-order chi connectivity index (χ1) is 16.3. The van der Waals surface area contributed by atoms with Gasteiger partial charge in [-0.05, 0) is 108 Å². The first-order valence-electron chi connectivity index (χ1n) is 12.4. The summed E-state index contributed by atoms with van der Waals surface area (Å²) >= 11 is 5.97. The van der Waals surface area contributed by atoms with Gasteiger partial charge in [-0.1, -0.05) is 0 Å². The number of ether oxygens (including phenoxy) is 1. The van der Waals surface area contributed by atoms with Crippen LogP contribution in [0, 0.1) is 23.6 Å². The number of halogens is 2. The van der Waals surface area contributed by atoms with Gasteiger partial charge in [-0.15, -0.1) is 11.6 Å². The lowest BCUT2D eigenvalue weighted by Gasteiger charge is -2.40. The van der Waals surface area contributed by atoms with Crippen LogP contribution in [0.4, 0.5) is 4.39 Å². The van der Waals surface area contributed by atoms with Gasteiger partial charge in [0.25, 0.3) is 5.91 Å². The van der Waals surface area contributed by atoms with Crippen molar-refractivity contribution < 1.29 is 23.5 Å². The summed E-state index contributed by atoms with van der Waals surface area (Å²) in [6.45, 7) is 2.69. The topological polar surface area (TPSA) is 89.7 Å². The molecule has 0 radical (unpaired) electrons. The van der Waals surface area contributed by atoms with Crippen LogP contribution in [0.15, 0.2) is 24.3 Å². The predicted octanol–water partition coefficient (Wildman–Crippen LogP) is 4.09. The Morgan fingerprint density at radius 3 is 2.21 bits per heavy atom. The maximum absolute atomic E-state index is 13.1. The van der Waals surface area contributed by atoms with E-state index >= 15 is 0 Å². The Bertz CT molecular complexity index is 887. The Morgan fingerprint density at radius 1 is 1.03 bits per heavy atom. The van der Waals surface area contributed by atoms with Crippen LogP contribution in [0.5, 0.6) is 0 Å². The summed E-state index contributed by atoms with van der Waals surface area (Å²) in [5.41, 5.74) is 5.07. The largest absolute Gasteiger partial charge is 0.449 e. The van der Waals surface area contributed by atoms with E-state index in [2.05, 4.69) is 4.90 Å². The lowest BCUT2D eigenvalue weighted by Crippen LogP contribution is -2.52. The monoisotopic (exact) mass is 492 g/mol. The zero-order valence-corrected chi connectivity index (χ0v) is 20.3. The van der Waals surface area contributed by atoms with Crippen molar-refractivity contribution >= 4 is 29.3 Å². The number of nitrogens with two attached hydrogens (primary N) is 1. The molecule has 0 spiro atoms. The number of rotatable bonds is 8. The van der Waals surface area contributed by atoms with Crippen LogP contribution in [0.25, 0.3) is 0 Å². The fraction of sp³-hybridized carbons (Fsp3) is 0.654. The number of Topliss-reactive ketones (excluding diaryl/α,β-unsaturated/α-hetero) is 1. The summed E-state index contributed by atoms with van der Waals surface area (Å²) in [5.74, 6) is -0.876. The first-order valence-corrected chi connectivity index (χ1v) is 12.9. The van der Waals surface area contributed by atoms with Crippen molar-refractivity contribution in [1.82, 2.24) is 4.90 Å². The lowest BCUT2D eigenvalue weighted by atomic mass is 9.76. The molecule has 186 valence electrons. The number of hydrogen-bond donors (Lipinski definition) is 1. The minimum absolute atomic E-state index is 0.00740. The predicted molar refractivity (Wildman–Crippen MR) is 127 cm³/mol. The van der Waals surface area contributed by atoms with E-state index < -0.39 is 11.5 Å². The number of primary amides is 1. The van der Waals surface area contributed by atoms with Crippen LogP contribution in [-0.2, 0) is 14.3 Å². The molecular formula is C26H34ClFN2O4. The molecule has 3 aliphatic rings. The van der Waals surface area contributed by atoms with Crippen molar-refractivity contribution in [2.75, 3.05) is 19.6 Å². The third kappa shape index (κ3) is 5.80. The summed E-state index contributed by atoms with van der Waals surface area (Å²) in [4.78, 5) is 39.7. The second-order valence-electron chi connectivity index (χ2n) is 10.3. The van der Waals surface area contributed by atoms with E-state index in [-0.39, 0.29) is 34.8 Å². The summed E-state index contributed by atoms with van der Waals surface area (Å²) in [6, 6.07) is 5.81. The lowest BCUT2D eigenvalue weighted by molar-refractivity contribution is -0.178. The zero-order chi connectivity index (χ0) is 24.3. The highest BCUT2D eigenvalue weighted by atomic mass is 35.5. The van der Waals surface area contributed by atoms with E-state index in [0.717, 1.165) is 51.7 Å². The van der Waals surface area contributed by atoms with Crippen molar-refractivity contribution in [3.8, 4) is 0 Å². The summed E-state index contributed by atoms with van der Waals surface area (Å²) in [6.07, 6.45) is 6.40. The second kappa shape index (κ2) is 10.7. The maximum atomic E-state index is 13.1. The number of ketones is 1. The Balaban J connectivity index is 1.19. The van der Waals surface area contributed by atoms with E-state index in [0.29, 0.717) is 37.2 Å². The van der Waals surface area contributed by atoms with E-state index in [1.54, 1.807) is 12.1 Å². The molecule has 0 atom stereocenters. The van der Waals surface area contributed by atoms with Crippen molar-refractivity contribution in [2.24, 2.45) is 23.5 Å². The van der Waals surface area contributed by atoms with Crippen molar-refractivity contribution in [3.05, 3.63) is 35.6 Å². The highest BCUT2D eigenvalue weighted by Crippen LogP contribution is 2.40. The van der Waals surface area contributed by atoms with Gasteiger partial charge in [0.05, 0.1) is 5.92 Å². The molecule has 8 heteroatoms. The number of piperidine rings is 1. The molecule has 1 saturated heterocycles. The quantitative estimate of drug-likeness (QED) is 0.335. The number of esters is 1. The number of benzene rings is 1. The molecule has 34 heavy (non-hydrogen) atoms. The van der Waals surface area contributed by atoms with Gasteiger partial charge >= 0.3 is 5.97 Å². The molecule has 1 amide bonds. The number of carbonyl (C=O) groups is 3. The SMILES string of the molecule is NC(=O)C1(OC(=O)C2CC(Cl)C2)CCC(CCN2CCC(C(=O)c3ccc(F)cc3)CC2)CC1. The van der Waals surface area contributed by atoms with Gasteiger partial charge < -0.3 is 15.4 Å². The molecule has 2 aliphatic carbocycles. The average Bonchev–Trinajstić information content (AvgIpc) is 2.82. The number of amides is 1. The maximum Gasteiger partial charge on any atom is 0.310 e. The second-order valence-corrected chi connectivity index (χ2v) is 10.9. The first kappa shape index (κ1) is 25.1. The number of alkyl halides is 1. The molecule has 1 heterocycles. The third-order valence-corrected chi connectivity index (χ3v) is 8.37.